The Hall–Kier alpha value is -3.19. The topological polar surface area (TPSA) is 73.0 Å². The average Bonchev–Trinajstić information content (AvgIpc) is 2.71. The number of hydrogen-bond acceptors (Lipinski definition) is 5. The third-order valence-electron chi connectivity index (χ3n) is 4.76. The highest BCUT2D eigenvalue weighted by Crippen LogP contribution is 2.40. The molecule has 0 aliphatic carbocycles. The number of anilines is 1. The minimum atomic E-state index is -0.572. The summed E-state index contributed by atoms with van der Waals surface area (Å²) in [5.74, 6) is 0.0907. The number of fused-ring (bicyclic) bond motifs is 3. The summed E-state index contributed by atoms with van der Waals surface area (Å²) in [7, 11) is 0. The zero-order valence-corrected chi connectivity index (χ0v) is 17.0. The second-order valence-electron chi connectivity index (χ2n) is 6.78. The standard InChI is InChI=1S/C22H20N4O2S/c1-4-13-29-22-23-20(28)19-17-7-5-6-8-18(17)25(15(3)27)21(26(19)24-22)16-11-9-14(2)10-12-16/h4-12,21H,1,13H2,2-3H3. The van der Waals surface area contributed by atoms with Crippen LogP contribution in [0.4, 0.5) is 5.69 Å². The van der Waals surface area contributed by atoms with Crippen LogP contribution < -0.4 is 14.7 Å². The second-order valence-corrected chi connectivity index (χ2v) is 7.77. The molecule has 6 nitrogen and oxygen atoms in total. The Bertz CT molecular complexity index is 1100. The van der Waals surface area contributed by atoms with Gasteiger partial charge in [0, 0.05) is 23.3 Å². The Morgan fingerprint density at radius 1 is 1.28 bits per heavy atom. The van der Waals surface area contributed by atoms with Gasteiger partial charge < -0.3 is 5.11 Å². The van der Waals surface area contributed by atoms with Gasteiger partial charge in [-0.3, -0.25) is 4.79 Å². The monoisotopic (exact) mass is 404 g/mol. The van der Waals surface area contributed by atoms with Crippen molar-refractivity contribution in [3.63, 3.8) is 0 Å². The molecule has 2 heterocycles. The molecule has 0 fully saturated rings. The van der Waals surface area contributed by atoms with Crippen LogP contribution in [0.2, 0.25) is 0 Å². The summed E-state index contributed by atoms with van der Waals surface area (Å²) in [5.41, 5.74) is 3.68. The van der Waals surface area contributed by atoms with Crippen LogP contribution in [-0.2, 0) is 4.79 Å². The Morgan fingerprint density at radius 2 is 2.00 bits per heavy atom. The molecule has 29 heavy (non-hydrogen) atoms. The van der Waals surface area contributed by atoms with Gasteiger partial charge >= 0.3 is 0 Å². The Labute approximate surface area is 173 Å². The lowest BCUT2D eigenvalue weighted by Gasteiger charge is -2.32. The van der Waals surface area contributed by atoms with Crippen LogP contribution in [0.5, 0.6) is 5.88 Å². The molecule has 1 aliphatic heterocycles. The van der Waals surface area contributed by atoms with Gasteiger partial charge in [0.15, 0.2) is 0 Å². The fourth-order valence-electron chi connectivity index (χ4n) is 3.51. The highest BCUT2D eigenvalue weighted by molar-refractivity contribution is 7.99. The van der Waals surface area contributed by atoms with E-state index in [9.17, 15) is 9.90 Å². The van der Waals surface area contributed by atoms with Gasteiger partial charge in [0.2, 0.25) is 5.91 Å². The van der Waals surface area contributed by atoms with Crippen LogP contribution in [0.3, 0.4) is 0 Å². The maximum absolute atomic E-state index is 13.0. The van der Waals surface area contributed by atoms with Gasteiger partial charge in [-0.05, 0) is 31.2 Å². The molecule has 3 aromatic rings. The first-order chi connectivity index (χ1) is 14.0. The highest BCUT2D eigenvalue weighted by Gasteiger charge is 2.43. The summed E-state index contributed by atoms with van der Waals surface area (Å²) in [6, 6.07) is 15.3. The number of amides is 1. The summed E-state index contributed by atoms with van der Waals surface area (Å²) in [5, 5.41) is 18.0. The predicted molar refractivity (Wildman–Crippen MR) is 111 cm³/mol. The molecule has 0 saturated carbocycles. The van der Waals surface area contributed by atoms with E-state index in [2.05, 4.69) is 16.7 Å². The van der Waals surface area contributed by atoms with Gasteiger partial charge in [0.25, 0.3) is 17.0 Å². The lowest BCUT2D eigenvalue weighted by atomic mass is 10.0. The van der Waals surface area contributed by atoms with Crippen molar-refractivity contribution in [2.45, 2.75) is 25.2 Å². The summed E-state index contributed by atoms with van der Waals surface area (Å²) < 4.78 is 1.63. The smallest absolute Gasteiger partial charge is 0.293 e. The molecule has 1 amide bonds. The number of carbonyl (C=O) groups excluding carboxylic acids is 1. The van der Waals surface area contributed by atoms with Gasteiger partial charge in [-0.2, -0.15) is 0 Å². The van der Waals surface area contributed by atoms with E-state index in [1.54, 1.807) is 15.7 Å². The van der Waals surface area contributed by atoms with Gasteiger partial charge in [-0.25, -0.2) is 9.88 Å². The maximum atomic E-state index is 13.0. The van der Waals surface area contributed by atoms with E-state index in [0.717, 1.165) is 11.1 Å². The number of rotatable bonds is 4. The lowest BCUT2D eigenvalue weighted by molar-refractivity contribution is -0.764. The third-order valence-corrected chi connectivity index (χ3v) is 5.60. The van der Waals surface area contributed by atoms with Gasteiger partial charge in [0.1, 0.15) is 0 Å². The summed E-state index contributed by atoms with van der Waals surface area (Å²) in [4.78, 5) is 18.6. The first-order valence-electron chi connectivity index (χ1n) is 9.21. The van der Waals surface area contributed by atoms with Crippen molar-refractivity contribution in [2.75, 3.05) is 10.7 Å². The van der Waals surface area contributed by atoms with Crippen molar-refractivity contribution < 1.29 is 14.6 Å². The number of hydrogen-bond donors (Lipinski definition) is 0. The van der Waals surface area contributed by atoms with E-state index in [1.165, 1.54) is 18.7 Å². The molecule has 0 N–H and O–H groups in total. The summed E-state index contributed by atoms with van der Waals surface area (Å²) in [6.07, 6.45) is 1.16. The van der Waals surface area contributed by atoms with Crippen LogP contribution >= 0.6 is 11.8 Å². The minimum Gasteiger partial charge on any atom is -0.854 e. The van der Waals surface area contributed by atoms with Crippen molar-refractivity contribution in [1.82, 2.24) is 10.1 Å². The van der Waals surface area contributed by atoms with Crippen molar-refractivity contribution in [2.24, 2.45) is 0 Å². The van der Waals surface area contributed by atoms with Crippen LogP contribution in [0.15, 0.2) is 66.3 Å². The van der Waals surface area contributed by atoms with Crippen molar-refractivity contribution >= 4 is 23.4 Å². The molecule has 0 spiro atoms. The Morgan fingerprint density at radius 3 is 2.69 bits per heavy atom. The Balaban J connectivity index is 2.01. The molecule has 4 rings (SSSR count). The SMILES string of the molecule is C=CCSc1nc([O-])c2[n+](n1)C(c1ccc(C)cc1)N(C(C)=O)c1ccccc1-2. The second kappa shape index (κ2) is 7.67. The normalized spacial score (nSPS) is 14.8. The molecule has 1 aliphatic rings. The summed E-state index contributed by atoms with van der Waals surface area (Å²) in [6.45, 7) is 7.24. The zero-order chi connectivity index (χ0) is 20.5. The van der Waals surface area contributed by atoms with Crippen molar-refractivity contribution in [1.29, 1.82) is 0 Å². The molecule has 0 saturated heterocycles. The minimum absolute atomic E-state index is 0.132. The Kier molecular flexibility index (Phi) is 5.07. The quantitative estimate of drug-likeness (QED) is 0.380. The zero-order valence-electron chi connectivity index (χ0n) is 16.2. The molecule has 0 bridgehead atoms. The molecular formula is C22H20N4O2S. The van der Waals surface area contributed by atoms with E-state index >= 15 is 0 Å². The number of para-hydroxylation sites is 1. The molecule has 1 aromatic heterocycles. The predicted octanol–water partition coefficient (Wildman–Crippen LogP) is 3.00. The van der Waals surface area contributed by atoms with E-state index in [-0.39, 0.29) is 11.8 Å². The van der Waals surface area contributed by atoms with Gasteiger partial charge in [0.05, 0.1) is 17.1 Å². The fraction of sp³-hybridized carbons (Fsp3) is 0.182. The van der Waals surface area contributed by atoms with Crippen molar-refractivity contribution in [3.8, 4) is 17.1 Å². The lowest BCUT2D eigenvalue weighted by Crippen LogP contribution is -2.58. The number of thioether (sulfide) groups is 1. The molecule has 2 aromatic carbocycles. The van der Waals surface area contributed by atoms with Crippen molar-refractivity contribution in [3.05, 3.63) is 72.3 Å². The van der Waals surface area contributed by atoms with Crippen LogP contribution in [0.1, 0.15) is 24.2 Å². The van der Waals surface area contributed by atoms with Crippen LogP contribution in [0, 0.1) is 6.92 Å². The largest absolute Gasteiger partial charge is 0.854 e. The average molecular weight is 404 g/mol. The number of benzene rings is 2. The number of carbonyl (C=O) groups is 1. The molecule has 1 unspecified atom stereocenters. The third kappa shape index (κ3) is 3.38. The number of aromatic nitrogens is 3. The van der Waals surface area contributed by atoms with E-state index in [4.69, 9.17) is 0 Å². The van der Waals surface area contributed by atoms with Gasteiger partial charge in [-0.1, -0.05) is 52.3 Å². The molecular weight excluding hydrogens is 384 g/mol. The highest BCUT2D eigenvalue weighted by atomic mass is 32.2. The molecule has 146 valence electrons. The van der Waals surface area contributed by atoms with Crippen LogP contribution in [-0.4, -0.2) is 21.7 Å². The van der Waals surface area contributed by atoms with Gasteiger partial charge in [-0.15, -0.1) is 6.58 Å². The maximum Gasteiger partial charge on any atom is 0.293 e. The van der Waals surface area contributed by atoms with E-state index < -0.39 is 6.17 Å². The summed E-state index contributed by atoms with van der Waals surface area (Å²) >= 11 is 1.33. The van der Waals surface area contributed by atoms with E-state index in [1.807, 2.05) is 55.5 Å². The fourth-order valence-corrected chi connectivity index (χ4v) is 4.07. The molecule has 1 atom stereocenters. The number of nitrogens with zero attached hydrogens (tertiary/aromatic N) is 4. The molecule has 0 radical (unpaired) electrons. The van der Waals surface area contributed by atoms with Crippen LogP contribution in [0.25, 0.3) is 11.3 Å². The molecule has 7 heteroatoms. The number of aryl methyl sites for hydroxylation is 1. The first kappa shape index (κ1) is 19.1. The van der Waals surface area contributed by atoms with E-state index in [0.29, 0.717) is 27.9 Å². The first-order valence-corrected chi connectivity index (χ1v) is 10.2.